The Morgan fingerprint density at radius 3 is 3.05 bits per heavy atom. The Morgan fingerprint density at radius 1 is 1.20 bits per heavy atom. The van der Waals surface area contributed by atoms with Gasteiger partial charge in [-0.25, -0.2) is 4.98 Å². The van der Waals surface area contributed by atoms with E-state index in [0.717, 1.165) is 34.1 Å². The summed E-state index contributed by atoms with van der Waals surface area (Å²) in [5.41, 5.74) is 4.26. The van der Waals surface area contributed by atoms with E-state index in [0.29, 0.717) is 5.56 Å². The summed E-state index contributed by atoms with van der Waals surface area (Å²) in [7, 11) is 0. The number of nitrogens with one attached hydrogen (secondary N) is 1. The molecule has 3 aromatic heterocycles. The molecule has 0 aliphatic carbocycles. The van der Waals surface area contributed by atoms with Gasteiger partial charge in [0.05, 0.1) is 5.52 Å². The molecule has 4 rings (SSSR count). The van der Waals surface area contributed by atoms with Crippen LogP contribution < -0.4 is 0 Å². The molecule has 0 atom stereocenters. The van der Waals surface area contributed by atoms with Crippen LogP contribution in [0.5, 0.6) is 0 Å². The van der Waals surface area contributed by atoms with Crippen LogP contribution in [-0.4, -0.2) is 25.9 Å². The number of hydrogen-bond donors (Lipinski definition) is 1. The van der Waals surface area contributed by atoms with Crippen LogP contribution in [0.25, 0.3) is 27.8 Å². The molecule has 5 nitrogen and oxygen atoms in total. The predicted molar refractivity (Wildman–Crippen MR) is 75.7 cm³/mol. The first-order valence-corrected chi connectivity index (χ1v) is 6.21. The summed E-state index contributed by atoms with van der Waals surface area (Å²) in [4.78, 5) is 15.1. The third-order valence-corrected chi connectivity index (χ3v) is 3.39. The lowest BCUT2D eigenvalue weighted by molar-refractivity contribution is 0.112. The highest BCUT2D eigenvalue weighted by Gasteiger charge is 2.09. The standard InChI is InChI=1S/C15H10N4O/c20-9-10-1-3-13-12(7-10)15(18-17-13)11-2-4-14-16-5-6-19(14)8-11/h1-9H,(H,17,18). The number of nitrogens with zero attached hydrogens (tertiary/aromatic N) is 3. The molecule has 5 heteroatoms. The van der Waals surface area contributed by atoms with Gasteiger partial charge in [0.25, 0.3) is 0 Å². The van der Waals surface area contributed by atoms with Crippen LogP contribution in [0.2, 0.25) is 0 Å². The van der Waals surface area contributed by atoms with Crippen molar-refractivity contribution < 1.29 is 4.79 Å². The highest BCUT2D eigenvalue weighted by Crippen LogP contribution is 2.26. The number of aromatic amines is 1. The van der Waals surface area contributed by atoms with Gasteiger partial charge in [-0.1, -0.05) is 0 Å². The second kappa shape index (κ2) is 4.03. The average molecular weight is 262 g/mol. The number of aromatic nitrogens is 4. The van der Waals surface area contributed by atoms with E-state index in [2.05, 4.69) is 15.2 Å². The van der Waals surface area contributed by atoms with Crippen LogP contribution >= 0.6 is 0 Å². The molecule has 0 saturated heterocycles. The van der Waals surface area contributed by atoms with Crippen molar-refractivity contribution in [2.45, 2.75) is 0 Å². The normalized spacial score (nSPS) is 11.2. The summed E-state index contributed by atoms with van der Waals surface area (Å²) < 4.78 is 1.94. The van der Waals surface area contributed by atoms with E-state index in [1.807, 2.05) is 41.1 Å². The Hall–Kier alpha value is -2.95. The van der Waals surface area contributed by atoms with E-state index in [4.69, 9.17) is 0 Å². The monoisotopic (exact) mass is 262 g/mol. The van der Waals surface area contributed by atoms with Gasteiger partial charge < -0.3 is 4.40 Å². The van der Waals surface area contributed by atoms with E-state index in [-0.39, 0.29) is 0 Å². The van der Waals surface area contributed by atoms with E-state index < -0.39 is 0 Å². The van der Waals surface area contributed by atoms with Crippen molar-refractivity contribution in [2.24, 2.45) is 0 Å². The van der Waals surface area contributed by atoms with Crippen LogP contribution in [0.15, 0.2) is 48.9 Å². The molecule has 0 aliphatic rings. The van der Waals surface area contributed by atoms with Crippen molar-refractivity contribution in [1.29, 1.82) is 0 Å². The summed E-state index contributed by atoms with van der Waals surface area (Å²) in [6, 6.07) is 9.41. The number of pyridine rings is 1. The quantitative estimate of drug-likeness (QED) is 0.565. The predicted octanol–water partition coefficient (Wildman–Crippen LogP) is 2.69. The smallest absolute Gasteiger partial charge is 0.150 e. The molecular formula is C15H10N4O. The Morgan fingerprint density at radius 2 is 2.15 bits per heavy atom. The third-order valence-electron chi connectivity index (χ3n) is 3.39. The Balaban J connectivity index is 1.98. The zero-order valence-corrected chi connectivity index (χ0v) is 10.4. The van der Waals surface area contributed by atoms with Gasteiger partial charge >= 0.3 is 0 Å². The molecule has 0 amide bonds. The minimum Gasteiger partial charge on any atom is -0.306 e. The highest BCUT2D eigenvalue weighted by molar-refractivity contribution is 5.96. The Kier molecular flexibility index (Phi) is 2.20. The average Bonchev–Trinajstić information content (AvgIpc) is 3.11. The topological polar surface area (TPSA) is 63.0 Å². The lowest BCUT2D eigenvalue weighted by Crippen LogP contribution is -1.86. The molecule has 96 valence electrons. The molecule has 0 aliphatic heterocycles. The number of carbonyl (C=O) groups excluding carboxylic acids is 1. The molecule has 4 aromatic rings. The molecule has 1 aromatic carbocycles. The molecule has 1 N–H and O–H groups in total. The van der Waals surface area contributed by atoms with Crippen LogP contribution in [0, 0.1) is 0 Å². The maximum absolute atomic E-state index is 10.9. The minimum atomic E-state index is 0.642. The molecule has 0 fully saturated rings. The first-order valence-electron chi connectivity index (χ1n) is 6.21. The van der Waals surface area contributed by atoms with Crippen molar-refractivity contribution in [3.8, 4) is 11.3 Å². The number of imidazole rings is 1. The van der Waals surface area contributed by atoms with Gasteiger partial charge in [0.2, 0.25) is 0 Å². The zero-order valence-electron chi connectivity index (χ0n) is 10.4. The van der Waals surface area contributed by atoms with E-state index in [1.165, 1.54) is 0 Å². The summed E-state index contributed by atoms with van der Waals surface area (Å²) in [5, 5.41) is 8.29. The zero-order chi connectivity index (χ0) is 13.5. The number of hydrogen-bond acceptors (Lipinski definition) is 3. The second-order valence-electron chi connectivity index (χ2n) is 4.61. The Bertz CT molecular complexity index is 935. The molecule has 3 heterocycles. The SMILES string of the molecule is O=Cc1ccc2[nH]nc(-c3ccc4nccn4c3)c2c1. The Labute approximate surface area is 113 Å². The number of carbonyl (C=O) groups is 1. The van der Waals surface area contributed by atoms with Gasteiger partial charge in [-0.2, -0.15) is 5.10 Å². The maximum atomic E-state index is 10.9. The summed E-state index contributed by atoms with van der Waals surface area (Å²) in [6.07, 6.45) is 6.47. The maximum Gasteiger partial charge on any atom is 0.150 e. The summed E-state index contributed by atoms with van der Waals surface area (Å²) in [5.74, 6) is 0. The van der Waals surface area contributed by atoms with E-state index in [1.54, 1.807) is 12.3 Å². The molecule has 0 spiro atoms. The second-order valence-corrected chi connectivity index (χ2v) is 4.61. The van der Waals surface area contributed by atoms with Crippen LogP contribution in [0.4, 0.5) is 0 Å². The van der Waals surface area contributed by atoms with E-state index >= 15 is 0 Å². The fourth-order valence-electron chi connectivity index (χ4n) is 2.39. The van der Waals surface area contributed by atoms with Gasteiger partial charge in [0, 0.05) is 35.1 Å². The minimum absolute atomic E-state index is 0.642. The number of rotatable bonds is 2. The van der Waals surface area contributed by atoms with Crippen LogP contribution in [-0.2, 0) is 0 Å². The largest absolute Gasteiger partial charge is 0.306 e. The fourth-order valence-corrected chi connectivity index (χ4v) is 2.39. The summed E-state index contributed by atoms with van der Waals surface area (Å²) in [6.45, 7) is 0. The number of H-pyrrole nitrogens is 1. The fraction of sp³-hybridized carbons (Fsp3) is 0. The van der Waals surface area contributed by atoms with Crippen molar-refractivity contribution in [3.05, 3.63) is 54.5 Å². The molecule has 0 saturated carbocycles. The third kappa shape index (κ3) is 1.53. The first kappa shape index (κ1) is 10.9. The van der Waals surface area contributed by atoms with Crippen molar-refractivity contribution in [3.63, 3.8) is 0 Å². The molecule has 0 unspecified atom stereocenters. The number of aldehydes is 1. The summed E-state index contributed by atoms with van der Waals surface area (Å²) >= 11 is 0. The molecule has 20 heavy (non-hydrogen) atoms. The lowest BCUT2D eigenvalue weighted by Gasteiger charge is -2.00. The van der Waals surface area contributed by atoms with Crippen molar-refractivity contribution in [2.75, 3.05) is 0 Å². The van der Waals surface area contributed by atoms with Gasteiger partial charge in [-0.15, -0.1) is 0 Å². The highest BCUT2D eigenvalue weighted by atomic mass is 16.1. The van der Waals surface area contributed by atoms with Gasteiger partial charge in [0.15, 0.2) is 0 Å². The van der Waals surface area contributed by atoms with Crippen molar-refractivity contribution in [1.82, 2.24) is 19.6 Å². The van der Waals surface area contributed by atoms with Crippen LogP contribution in [0.3, 0.4) is 0 Å². The first-order chi connectivity index (χ1) is 9.85. The lowest BCUT2D eigenvalue weighted by atomic mass is 10.1. The van der Waals surface area contributed by atoms with E-state index in [9.17, 15) is 4.79 Å². The van der Waals surface area contributed by atoms with Gasteiger partial charge in [-0.3, -0.25) is 9.89 Å². The van der Waals surface area contributed by atoms with Crippen molar-refractivity contribution >= 4 is 22.8 Å². The molecular weight excluding hydrogens is 252 g/mol. The van der Waals surface area contributed by atoms with Gasteiger partial charge in [-0.05, 0) is 30.3 Å². The van der Waals surface area contributed by atoms with Crippen LogP contribution in [0.1, 0.15) is 10.4 Å². The number of benzene rings is 1. The molecule has 0 bridgehead atoms. The number of fused-ring (bicyclic) bond motifs is 2. The molecule has 0 radical (unpaired) electrons. The van der Waals surface area contributed by atoms with Gasteiger partial charge in [0.1, 0.15) is 17.6 Å².